The first kappa shape index (κ1) is 17.7. The first-order valence-corrected chi connectivity index (χ1v) is 8.44. The van der Waals surface area contributed by atoms with Gasteiger partial charge in [0.25, 0.3) is 0 Å². The number of nitrogens with zero attached hydrogens (tertiary/aromatic N) is 1. The van der Waals surface area contributed by atoms with E-state index in [9.17, 15) is 19.8 Å². The number of aliphatic imine (C=N–C) groups is 1. The molecule has 0 fully saturated rings. The first-order valence-electron chi connectivity index (χ1n) is 8.44. The third kappa shape index (κ3) is 3.44. The second-order valence-corrected chi connectivity index (χ2v) is 6.04. The summed E-state index contributed by atoms with van der Waals surface area (Å²) in [7, 11) is 0. The predicted octanol–water partition coefficient (Wildman–Crippen LogP) is 3.82. The highest BCUT2D eigenvalue weighted by atomic mass is 16.5. The number of Topliss-reactive ketones (excluding diaryl/α,β-unsaturated/α-hetero) is 2. The number of ketones is 2. The number of hydrogen-bond acceptors (Lipinski definition) is 6. The molecule has 0 saturated carbocycles. The number of rotatable bonds is 5. The third-order valence-electron chi connectivity index (χ3n) is 4.12. The Kier molecular flexibility index (Phi) is 5.02. The molecule has 0 aliphatic heterocycles. The standard InChI is InChI=1S/C20H19NO5/c1-2-3-10-26-13-6-4-12(5-7-13)21-14-11-17(24)18-15(22)8-9-16(23)19(18)20(14)25/h4-9,22-23H,2-3,10-11H2,1H3. The van der Waals surface area contributed by atoms with Gasteiger partial charge in [0.1, 0.15) is 17.2 Å². The number of hydrogen-bond donors (Lipinski definition) is 2. The smallest absolute Gasteiger partial charge is 0.212 e. The molecule has 134 valence electrons. The van der Waals surface area contributed by atoms with Crippen LogP contribution in [0.15, 0.2) is 41.4 Å². The van der Waals surface area contributed by atoms with Crippen LogP contribution in [-0.2, 0) is 0 Å². The highest BCUT2D eigenvalue weighted by Gasteiger charge is 2.34. The fourth-order valence-corrected chi connectivity index (χ4v) is 2.76. The molecule has 2 N–H and O–H groups in total. The van der Waals surface area contributed by atoms with E-state index in [4.69, 9.17) is 4.74 Å². The number of carbonyl (C=O) groups is 2. The van der Waals surface area contributed by atoms with Crippen LogP contribution in [0.1, 0.15) is 46.9 Å². The summed E-state index contributed by atoms with van der Waals surface area (Å²) in [5.41, 5.74) is 0.197. The molecule has 0 saturated heterocycles. The molecule has 6 heteroatoms. The molecular formula is C20H19NO5. The van der Waals surface area contributed by atoms with Gasteiger partial charge in [-0.05, 0) is 42.8 Å². The summed E-state index contributed by atoms with van der Waals surface area (Å²) < 4.78 is 5.57. The molecule has 0 radical (unpaired) electrons. The zero-order valence-corrected chi connectivity index (χ0v) is 14.4. The molecule has 0 atom stereocenters. The number of ether oxygens (including phenoxy) is 1. The van der Waals surface area contributed by atoms with Gasteiger partial charge in [0, 0.05) is 0 Å². The molecule has 3 rings (SSSR count). The Morgan fingerprint density at radius 3 is 2.31 bits per heavy atom. The van der Waals surface area contributed by atoms with Crippen molar-refractivity contribution in [2.24, 2.45) is 4.99 Å². The molecule has 2 aromatic rings. The Morgan fingerprint density at radius 1 is 1.00 bits per heavy atom. The molecule has 0 unspecified atom stereocenters. The van der Waals surface area contributed by atoms with E-state index in [0.29, 0.717) is 18.0 Å². The molecule has 0 heterocycles. The molecule has 0 spiro atoms. The van der Waals surface area contributed by atoms with Gasteiger partial charge in [0.05, 0.1) is 35.6 Å². The zero-order valence-electron chi connectivity index (χ0n) is 14.4. The van der Waals surface area contributed by atoms with Crippen molar-refractivity contribution in [2.75, 3.05) is 6.61 Å². The minimum Gasteiger partial charge on any atom is -0.507 e. The summed E-state index contributed by atoms with van der Waals surface area (Å²) in [5.74, 6) is -0.962. The van der Waals surface area contributed by atoms with Crippen molar-refractivity contribution in [1.82, 2.24) is 0 Å². The van der Waals surface area contributed by atoms with E-state index in [0.717, 1.165) is 12.8 Å². The van der Waals surface area contributed by atoms with E-state index in [1.54, 1.807) is 24.3 Å². The van der Waals surface area contributed by atoms with E-state index >= 15 is 0 Å². The number of carbonyl (C=O) groups excluding carboxylic acids is 2. The second kappa shape index (κ2) is 7.39. The normalized spacial score (nSPS) is 15.2. The summed E-state index contributed by atoms with van der Waals surface area (Å²) in [6, 6.07) is 9.28. The van der Waals surface area contributed by atoms with Crippen LogP contribution in [0.4, 0.5) is 5.69 Å². The van der Waals surface area contributed by atoms with Crippen LogP contribution < -0.4 is 4.74 Å². The minimum atomic E-state index is -0.559. The van der Waals surface area contributed by atoms with Crippen LogP contribution in [0.2, 0.25) is 0 Å². The predicted molar refractivity (Wildman–Crippen MR) is 97.0 cm³/mol. The van der Waals surface area contributed by atoms with Crippen molar-refractivity contribution in [3.05, 3.63) is 47.5 Å². The topological polar surface area (TPSA) is 96.2 Å². The van der Waals surface area contributed by atoms with Crippen LogP contribution >= 0.6 is 0 Å². The maximum Gasteiger partial charge on any atom is 0.212 e. The van der Waals surface area contributed by atoms with Gasteiger partial charge in [-0.2, -0.15) is 0 Å². The van der Waals surface area contributed by atoms with E-state index < -0.39 is 11.6 Å². The Labute approximate surface area is 150 Å². The van der Waals surface area contributed by atoms with Gasteiger partial charge in [-0.25, -0.2) is 4.99 Å². The fourth-order valence-electron chi connectivity index (χ4n) is 2.76. The summed E-state index contributed by atoms with van der Waals surface area (Å²) in [4.78, 5) is 29.1. The summed E-state index contributed by atoms with van der Waals surface area (Å²) in [6.45, 7) is 2.72. The SMILES string of the molecule is CCCCOc1ccc(N=C2CC(=O)c3c(O)ccc(O)c3C2=O)cc1. The number of unbranched alkanes of at least 4 members (excludes halogenated alkanes) is 1. The third-order valence-corrected chi connectivity index (χ3v) is 4.12. The van der Waals surface area contributed by atoms with Gasteiger partial charge in [0.15, 0.2) is 5.78 Å². The maximum atomic E-state index is 12.6. The highest BCUT2D eigenvalue weighted by Crippen LogP contribution is 2.34. The van der Waals surface area contributed by atoms with Crippen molar-refractivity contribution in [1.29, 1.82) is 0 Å². The maximum absolute atomic E-state index is 12.6. The van der Waals surface area contributed by atoms with Crippen LogP contribution in [0.25, 0.3) is 0 Å². The van der Waals surface area contributed by atoms with Crippen LogP contribution in [0, 0.1) is 0 Å². The van der Waals surface area contributed by atoms with Crippen LogP contribution in [-0.4, -0.2) is 34.1 Å². The molecular weight excluding hydrogens is 334 g/mol. The lowest BCUT2D eigenvalue weighted by Crippen LogP contribution is -2.27. The van der Waals surface area contributed by atoms with Crippen molar-refractivity contribution in [3.8, 4) is 17.2 Å². The number of phenols is 2. The van der Waals surface area contributed by atoms with Crippen LogP contribution in [0.5, 0.6) is 17.2 Å². The van der Waals surface area contributed by atoms with Crippen molar-refractivity contribution >= 4 is 23.0 Å². The zero-order chi connectivity index (χ0) is 18.7. The number of benzene rings is 2. The van der Waals surface area contributed by atoms with Crippen molar-refractivity contribution in [2.45, 2.75) is 26.2 Å². The average Bonchev–Trinajstić information content (AvgIpc) is 2.63. The minimum absolute atomic E-state index is 0.0306. The molecule has 6 nitrogen and oxygen atoms in total. The van der Waals surface area contributed by atoms with E-state index in [1.165, 1.54) is 12.1 Å². The van der Waals surface area contributed by atoms with Gasteiger partial charge < -0.3 is 14.9 Å². The Morgan fingerprint density at radius 2 is 1.65 bits per heavy atom. The number of fused-ring (bicyclic) bond motifs is 1. The molecule has 26 heavy (non-hydrogen) atoms. The van der Waals surface area contributed by atoms with E-state index in [-0.39, 0.29) is 34.8 Å². The van der Waals surface area contributed by atoms with Gasteiger partial charge >= 0.3 is 0 Å². The molecule has 1 aliphatic carbocycles. The summed E-state index contributed by atoms with van der Waals surface area (Å²) >= 11 is 0. The Balaban J connectivity index is 1.87. The molecule has 2 aromatic carbocycles. The summed E-state index contributed by atoms with van der Waals surface area (Å²) in [5, 5.41) is 19.8. The van der Waals surface area contributed by atoms with Gasteiger partial charge in [-0.15, -0.1) is 0 Å². The first-order chi connectivity index (χ1) is 12.5. The number of phenolic OH excluding ortho intramolecular Hbond substituents is 2. The lowest BCUT2D eigenvalue weighted by molar-refractivity contribution is 0.0960. The van der Waals surface area contributed by atoms with Crippen LogP contribution in [0.3, 0.4) is 0 Å². The molecule has 0 aromatic heterocycles. The van der Waals surface area contributed by atoms with Crippen molar-refractivity contribution in [3.63, 3.8) is 0 Å². The lowest BCUT2D eigenvalue weighted by atomic mass is 9.86. The van der Waals surface area contributed by atoms with E-state index in [1.807, 2.05) is 0 Å². The van der Waals surface area contributed by atoms with Crippen molar-refractivity contribution < 1.29 is 24.5 Å². The molecule has 0 amide bonds. The fraction of sp³-hybridized carbons (Fsp3) is 0.250. The molecule has 0 bridgehead atoms. The van der Waals surface area contributed by atoms with Gasteiger partial charge in [-0.1, -0.05) is 13.3 Å². The van der Waals surface area contributed by atoms with E-state index in [2.05, 4.69) is 11.9 Å². The Hall–Kier alpha value is -3.15. The molecule has 1 aliphatic rings. The number of aromatic hydroxyl groups is 2. The largest absolute Gasteiger partial charge is 0.507 e. The highest BCUT2D eigenvalue weighted by molar-refractivity contribution is 6.53. The lowest BCUT2D eigenvalue weighted by Gasteiger charge is -2.17. The average molecular weight is 353 g/mol. The monoisotopic (exact) mass is 353 g/mol. The quantitative estimate of drug-likeness (QED) is 0.629. The van der Waals surface area contributed by atoms with Gasteiger partial charge in [-0.3, -0.25) is 9.59 Å². The Bertz CT molecular complexity index is 884. The van der Waals surface area contributed by atoms with Gasteiger partial charge in [0.2, 0.25) is 5.78 Å². The second-order valence-electron chi connectivity index (χ2n) is 6.04. The summed E-state index contributed by atoms with van der Waals surface area (Å²) in [6.07, 6.45) is 1.79.